The van der Waals surface area contributed by atoms with Gasteiger partial charge in [-0.15, -0.1) is 11.3 Å². The first-order valence-electron chi connectivity index (χ1n) is 6.15. The fraction of sp³-hybridized carbons (Fsp3) is 0.286. The quantitative estimate of drug-likeness (QED) is 0.324. The lowest BCUT2D eigenvalue weighted by Crippen LogP contribution is -2.09. The van der Waals surface area contributed by atoms with Crippen LogP contribution in [0.15, 0.2) is 41.3 Å². The number of para-hydroxylation sites is 1. The molecule has 1 aromatic carbocycles. The highest BCUT2D eigenvalue weighted by molar-refractivity contribution is 8.01. The molecular weight excluding hydrogens is 294 g/mol. The Bertz CT molecular complexity index is 550. The zero-order chi connectivity index (χ0) is 14.2. The Balaban J connectivity index is 1.61. The van der Waals surface area contributed by atoms with Crippen LogP contribution < -0.4 is 0 Å². The van der Waals surface area contributed by atoms with E-state index in [9.17, 15) is 4.79 Å². The summed E-state index contributed by atoms with van der Waals surface area (Å²) in [6, 6.07) is 8.09. The van der Waals surface area contributed by atoms with Gasteiger partial charge in [0.25, 0.3) is 0 Å². The summed E-state index contributed by atoms with van der Waals surface area (Å²) in [4.78, 5) is 15.3. The number of aromatic nitrogens is 1. The van der Waals surface area contributed by atoms with Crippen molar-refractivity contribution in [3.8, 4) is 0 Å². The lowest BCUT2D eigenvalue weighted by atomic mass is 10.3. The van der Waals surface area contributed by atoms with Crippen molar-refractivity contribution in [2.75, 3.05) is 25.6 Å². The Kier molecular flexibility index (Phi) is 6.04. The van der Waals surface area contributed by atoms with Gasteiger partial charge < -0.3 is 9.47 Å². The van der Waals surface area contributed by atoms with Crippen LogP contribution in [0.1, 0.15) is 0 Å². The smallest absolute Gasteiger partial charge is 0.330 e. The Morgan fingerprint density at radius 1 is 1.35 bits per heavy atom. The number of esters is 1. The van der Waals surface area contributed by atoms with Crippen molar-refractivity contribution in [2.24, 2.45) is 0 Å². The van der Waals surface area contributed by atoms with Crippen molar-refractivity contribution in [3.05, 3.63) is 36.9 Å². The number of rotatable bonds is 8. The third-order valence-electron chi connectivity index (χ3n) is 2.37. The third kappa shape index (κ3) is 4.63. The highest BCUT2D eigenvalue weighted by Gasteiger charge is 2.03. The molecule has 0 amide bonds. The van der Waals surface area contributed by atoms with E-state index in [4.69, 9.17) is 9.47 Å². The average molecular weight is 309 g/mol. The average Bonchev–Trinajstić information content (AvgIpc) is 2.88. The molecular formula is C14H15NO3S2. The zero-order valence-electron chi connectivity index (χ0n) is 10.9. The van der Waals surface area contributed by atoms with Crippen molar-refractivity contribution in [3.63, 3.8) is 0 Å². The highest BCUT2D eigenvalue weighted by Crippen LogP contribution is 2.28. The van der Waals surface area contributed by atoms with Gasteiger partial charge >= 0.3 is 5.97 Å². The van der Waals surface area contributed by atoms with Crippen molar-refractivity contribution < 1.29 is 14.3 Å². The first kappa shape index (κ1) is 15.0. The second-order valence-corrected chi connectivity index (χ2v) is 6.15. The number of hydrogen-bond donors (Lipinski definition) is 0. The lowest BCUT2D eigenvalue weighted by Gasteiger charge is -2.03. The molecule has 0 spiro atoms. The van der Waals surface area contributed by atoms with Crippen LogP contribution in [0.3, 0.4) is 0 Å². The third-order valence-corrected chi connectivity index (χ3v) is 4.51. The van der Waals surface area contributed by atoms with Crippen LogP contribution in [0.5, 0.6) is 0 Å². The summed E-state index contributed by atoms with van der Waals surface area (Å²) in [6.45, 7) is 4.58. The van der Waals surface area contributed by atoms with E-state index in [1.807, 2.05) is 18.2 Å². The molecule has 0 unspecified atom stereocenters. The molecule has 20 heavy (non-hydrogen) atoms. The Morgan fingerprint density at radius 3 is 3.00 bits per heavy atom. The molecule has 0 saturated heterocycles. The largest absolute Gasteiger partial charge is 0.460 e. The molecule has 4 nitrogen and oxygen atoms in total. The van der Waals surface area contributed by atoms with Gasteiger partial charge in [-0.05, 0) is 12.1 Å². The predicted octanol–water partition coefficient (Wildman–Crippen LogP) is 3.13. The molecule has 0 bridgehead atoms. The maximum Gasteiger partial charge on any atom is 0.330 e. The molecule has 0 atom stereocenters. The first-order valence-corrected chi connectivity index (χ1v) is 7.95. The van der Waals surface area contributed by atoms with Gasteiger partial charge in [0.15, 0.2) is 4.34 Å². The highest BCUT2D eigenvalue weighted by atomic mass is 32.2. The molecule has 2 rings (SSSR count). The van der Waals surface area contributed by atoms with Crippen LogP contribution in [0.25, 0.3) is 10.2 Å². The molecule has 0 fully saturated rings. The van der Waals surface area contributed by atoms with E-state index in [0.29, 0.717) is 13.2 Å². The molecule has 6 heteroatoms. The summed E-state index contributed by atoms with van der Waals surface area (Å²) >= 11 is 3.36. The monoisotopic (exact) mass is 309 g/mol. The zero-order valence-corrected chi connectivity index (χ0v) is 12.5. The topological polar surface area (TPSA) is 48.4 Å². The van der Waals surface area contributed by atoms with E-state index in [1.165, 1.54) is 4.70 Å². The summed E-state index contributed by atoms with van der Waals surface area (Å²) in [7, 11) is 0. The van der Waals surface area contributed by atoms with Crippen LogP contribution in [-0.4, -0.2) is 36.5 Å². The Hall–Kier alpha value is -1.37. The fourth-order valence-electron chi connectivity index (χ4n) is 1.46. The molecule has 2 aromatic rings. The molecule has 0 saturated carbocycles. The molecule has 0 radical (unpaired) electrons. The van der Waals surface area contributed by atoms with Gasteiger partial charge in [0.2, 0.25) is 0 Å². The first-order chi connectivity index (χ1) is 9.79. The minimum absolute atomic E-state index is 0.261. The van der Waals surface area contributed by atoms with Gasteiger partial charge in [-0.3, -0.25) is 0 Å². The van der Waals surface area contributed by atoms with Crippen molar-refractivity contribution in [1.82, 2.24) is 4.98 Å². The summed E-state index contributed by atoms with van der Waals surface area (Å²) in [5, 5.41) is 0. The second-order valence-electron chi connectivity index (χ2n) is 3.78. The molecule has 1 aromatic heterocycles. The summed E-state index contributed by atoms with van der Waals surface area (Å²) < 4.78 is 12.4. The number of benzene rings is 1. The maximum atomic E-state index is 10.8. The number of fused-ring (bicyclic) bond motifs is 1. The van der Waals surface area contributed by atoms with Crippen LogP contribution in [0.2, 0.25) is 0 Å². The van der Waals surface area contributed by atoms with Crippen LogP contribution in [-0.2, 0) is 14.3 Å². The molecule has 0 aliphatic rings. The Labute approximate surface area is 125 Å². The standard InChI is InChI=1S/C14H15NO3S2/c1-2-13(16)18-8-7-17-9-10-19-14-15-11-5-3-4-6-12(11)20-14/h2-6H,1,7-10H2. The number of hydrogen-bond acceptors (Lipinski definition) is 6. The number of thiazole rings is 1. The van der Waals surface area contributed by atoms with Gasteiger partial charge in [-0.2, -0.15) is 0 Å². The van der Waals surface area contributed by atoms with E-state index in [-0.39, 0.29) is 6.61 Å². The normalized spacial score (nSPS) is 10.6. The molecule has 0 aliphatic carbocycles. The maximum absolute atomic E-state index is 10.8. The van der Waals surface area contributed by atoms with Gasteiger partial charge in [-0.1, -0.05) is 30.5 Å². The van der Waals surface area contributed by atoms with E-state index < -0.39 is 5.97 Å². The van der Waals surface area contributed by atoms with Gasteiger partial charge in [-0.25, -0.2) is 9.78 Å². The molecule has 0 aliphatic heterocycles. The minimum atomic E-state index is -0.419. The fourth-order valence-corrected chi connectivity index (χ4v) is 3.45. The second kappa shape index (κ2) is 8.04. The van der Waals surface area contributed by atoms with Crippen molar-refractivity contribution in [2.45, 2.75) is 4.34 Å². The number of carbonyl (C=O) groups is 1. The van der Waals surface area contributed by atoms with Crippen molar-refractivity contribution in [1.29, 1.82) is 0 Å². The van der Waals surface area contributed by atoms with Crippen molar-refractivity contribution >= 4 is 39.3 Å². The summed E-state index contributed by atoms with van der Waals surface area (Å²) in [5.74, 6) is 0.410. The predicted molar refractivity (Wildman–Crippen MR) is 82.3 cm³/mol. The Morgan fingerprint density at radius 2 is 2.20 bits per heavy atom. The van der Waals surface area contributed by atoms with Crippen LogP contribution in [0, 0.1) is 0 Å². The lowest BCUT2D eigenvalue weighted by molar-refractivity contribution is -0.139. The van der Waals surface area contributed by atoms with Gasteiger partial charge in [0, 0.05) is 11.8 Å². The van der Waals surface area contributed by atoms with Gasteiger partial charge in [0.05, 0.1) is 23.4 Å². The number of ether oxygens (including phenoxy) is 2. The van der Waals surface area contributed by atoms with E-state index in [0.717, 1.165) is 21.7 Å². The summed E-state index contributed by atoms with van der Waals surface area (Å²) in [6.07, 6.45) is 1.14. The van der Waals surface area contributed by atoms with E-state index in [1.54, 1.807) is 23.1 Å². The van der Waals surface area contributed by atoms with Crippen LogP contribution >= 0.6 is 23.1 Å². The molecule has 0 N–H and O–H groups in total. The van der Waals surface area contributed by atoms with E-state index in [2.05, 4.69) is 17.6 Å². The van der Waals surface area contributed by atoms with Crippen LogP contribution in [0.4, 0.5) is 0 Å². The van der Waals surface area contributed by atoms with E-state index >= 15 is 0 Å². The number of nitrogens with zero attached hydrogens (tertiary/aromatic N) is 1. The molecule has 106 valence electrons. The minimum Gasteiger partial charge on any atom is -0.460 e. The number of thioether (sulfide) groups is 1. The van der Waals surface area contributed by atoms with Gasteiger partial charge in [0.1, 0.15) is 6.61 Å². The summed E-state index contributed by atoms with van der Waals surface area (Å²) in [5.41, 5.74) is 1.04. The number of carbonyl (C=O) groups excluding carboxylic acids is 1. The SMILES string of the molecule is C=CC(=O)OCCOCCSc1nc2ccccc2s1. The molecule has 1 heterocycles.